The summed E-state index contributed by atoms with van der Waals surface area (Å²) in [6, 6.07) is 5.44. The minimum atomic E-state index is -0.310. The highest BCUT2D eigenvalue weighted by atomic mass is 16.7. The van der Waals surface area contributed by atoms with Crippen LogP contribution < -0.4 is 5.06 Å². The van der Waals surface area contributed by atoms with E-state index in [1.807, 2.05) is 30.2 Å². The van der Waals surface area contributed by atoms with Crippen molar-refractivity contribution in [3.05, 3.63) is 46.9 Å². The summed E-state index contributed by atoms with van der Waals surface area (Å²) in [4.78, 5) is 8.99. The van der Waals surface area contributed by atoms with Crippen molar-refractivity contribution in [1.29, 1.82) is 0 Å². The highest BCUT2D eigenvalue weighted by Crippen LogP contribution is 2.46. The SMILES string of the molecule is C=CCC1(CC(C)C)CC(CN=[N+]=[N-])ON1c1c(C)cccc1O. The number of hydrogen-bond acceptors (Lipinski definition) is 4. The minimum absolute atomic E-state index is 0.191. The molecule has 2 rings (SSSR count). The van der Waals surface area contributed by atoms with Crippen LogP contribution in [0.2, 0.25) is 0 Å². The molecule has 0 spiro atoms. The van der Waals surface area contributed by atoms with Gasteiger partial charge in [-0.3, -0.25) is 4.84 Å². The number of phenols is 1. The van der Waals surface area contributed by atoms with Gasteiger partial charge in [-0.2, -0.15) is 0 Å². The highest BCUT2D eigenvalue weighted by Gasteiger charge is 2.47. The zero-order valence-corrected chi connectivity index (χ0v) is 14.6. The van der Waals surface area contributed by atoms with Gasteiger partial charge in [-0.25, -0.2) is 5.06 Å². The minimum Gasteiger partial charge on any atom is -0.506 e. The molecule has 1 saturated heterocycles. The molecule has 1 aromatic carbocycles. The topological polar surface area (TPSA) is 81.5 Å². The number of anilines is 1. The predicted molar refractivity (Wildman–Crippen MR) is 95.8 cm³/mol. The van der Waals surface area contributed by atoms with Crippen LogP contribution in [0.4, 0.5) is 5.69 Å². The Morgan fingerprint density at radius 2 is 2.33 bits per heavy atom. The lowest BCUT2D eigenvalue weighted by atomic mass is 9.81. The lowest BCUT2D eigenvalue weighted by Gasteiger charge is -2.39. The Bertz CT molecular complexity index is 620. The standard InChI is InChI=1S/C18H26N4O2/c1-5-9-18(10-13(2)3)11-15(12-20-21-19)24-22(18)17-14(4)7-6-8-16(17)23/h5-8,13,15,23H,1,9-12H2,2-4H3. The quantitative estimate of drug-likeness (QED) is 0.335. The van der Waals surface area contributed by atoms with Crippen LogP contribution in [0.15, 0.2) is 36.0 Å². The van der Waals surface area contributed by atoms with Gasteiger partial charge in [-0.15, -0.1) is 6.58 Å². The Morgan fingerprint density at radius 3 is 2.92 bits per heavy atom. The summed E-state index contributed by atoms with van der Waals surface area (Å²) < 4.78 is 0. The number of benzene rings is 1. The van der Waals surface area contributed by atoms with Crippen molar-refractivity contribution >= 4 is 5.69 Å². The molecule has 0 aliphatic carbocycles. The first-order chi connectivity index (χ1) is 11.4. The Labute approximate surface area is 143 Å². The molecular formula is C18H26N4O2. The first-order valence-electron chi connectivity index (χ1n) is 8.31. The van der Waals surface area contributed by atoms with E-state index in [9.17, 15) is 5.11 Å². The van der Waals surface area contributed by atoms with Crippen molar-refractivity contribution in [2.45, 2.75) is 51.7 Å². The number of hydrogen-bond donors (Lipinski definition) is 1. The van der Waals surface area contributed by atoms with Gasteiger partial charge in [0.2, 0.25) is 0 Å². The summed E-state index contributed by atoms with van der Waals surface area (Å²) >= 11 is 0. The van der Waals surface area contributed by atoms with Gasteiger partial charge >= 0.3 is 0 Å². The van der Waals surface area contributed by atoms with Crippen molar-refractivity contribution in [3.63, 3.8) is 0 Å². The largest absolute Gasteiger partial charge is 0.506 e. The van der Waals surface area contributed by atoms with Gasteiger partial charge in [-0.1, -0.05) is 37.2 Å². The average molecular weight is 330 g/mol. The van der Waals surface area contributed by atoms with Crippen molar-refractivity contribution < 1.29 is 9.94 Å². The van der Waals surface area contributed by atoms with Crippen LogP contribution in [-0.2, 0) is 4.84 Å². The van der Waals surface area contributed by atoms with E-state index in [0.717, 1.165) is 24.8 Å². The normalized spacial score (nSPS) is 23.3. The highest BCUT2D eigenvalue weighted by molar-refractivity contribution is 5.63. The number of nitrogens with zero attached hydrogens (tertiary/aromatic N) is 4. The van der Waals surface area contributed by atoms with Crippen molar-refractivity contribution in [2.75, 3.05) is 11.6 Å². The van der Waals surface area contributed by atoms with E-state index in [0.29, 0.717) is 11.6 Å². The number of hydroxylamine groups is 1. The summed E-state index contributed by atoms with van der Waals surface area (Å²) in [6.45, 7) is 10.5. The molecule has 1 aliphatic heterocycles. The molecule has 6 heteroatoms. The molecule has 130 valence electrons. The maximum atomic E-state index is 10.4. The zero-order valence-electron chi connectivity index (χ0n) is 14.6. The lowest BCUT2D eigenvalue weighted by molar-refractivity contribution is 0.0761. The summed E-state index contributed by atoms with van der Waals surface area (Å²) in [5.41, 5.74) is 9.92. The molecule has 1 aliphatic rings. The van der Waals surface area contributed by atoms with Crippen molar-refractivity contribution in [1.82, 2.24) is 0 Å². The number of phenolic OH excluding ortho intramolecular Hbond substituents is 1. The van der Waals surface area contributed by atoms with E-state index in [-0.39, 0.29) is 23.9 Å². The molecule has 2 unspecified atom stereocenters. The molecule has 0 aromatic heterocycles. The van der Waals surface area contributed by atoms with Crippen LogP contribution in [0.25, 0.3) is 10.4 Å². The molecule has 1 heterocycles. The van der Waals surface area contributed by atoms with Crippen LogP contribution in [0.1, 0.15) is 38.7 Å². The molecule has 6 nitrogen and oxygen atoms in total. The first-order valence-corrected chi connectivity index (χ1v) is 8.31. The zero-order chi connectivity index (χ0) is 17.7. The number of aromatic hydroxyl groups is 1. The van der Waals surface area contributed by atoms with E-state index < -0.39 is 0 Å². The van der Waals surface area contributed by atoms with E-state index in [1.54, 1.807) is 6.07 Å². The first kappa shape index (κ1) is 18.2. The molecule has 0 radical (unpaired) electrons. The van der Waals surface area contributed by atoms with E-state index >= 15 is 0 Å². The number of azide groups is 1. The van der Waals surface area contributed by atoms with Gasteiger partial charge in [-0.05, 0) is 42.8 Å². The van der Waals surface area contributed by atoms with Crippen molar-refractivity contribution in [2.24, 2.45) is 11.0 Å². The van der Waals surface area contributed by atoms with E-state index in [1.165, 1.54) is 0 Å². The lowest BCUT2D eigenvalue weighted by Crippen LogP contribution is -2.44. The summed E-state index contributed by atoms with van der Waals surface area (Å²) in [7, 11) is 0. The second-order valence-electron chi connectivity index (χ2n) is 6.90. The predicted octanol–water partition coefficient (Wildman–Crippen LogP) is 4.88. The van der Waals surface area contributed by atoms with Crippen molar-refractivity contribution in [3.8, 4) is 5.75 Å². The van der Waals surface area contributed by atoms with Crippen LogP contribution in [0.5, 0.6) is 5.75 Å². The molecule has 0 amide bonds. The third kappa shape index (κ3) is 3.66. The molecule has 2 atom stereocenters. The van der Waals surface area contributed by atoms with Gasteiger partial charge in [0.15, 0.2) is 0 Å². The fourth-order valence-electron chi connectivity index (χ4n) is 3.67. The maximum Gasteiger partial charge on any atom is 0.141 e. The summed E-state index contributed by atoms with van der Waals surface area (Å²) in [5.74, 6) is 0.636. The second-order valence-corrected chi connectivity index (χ2v) is 6.90. The van der Waals surface area contributed by atoms with E-state index in [4.69, 9.17) is 10.4 Å². The third-order valence-corrected chi connectivity index (χ3v) is 4.37. The molecule has 0 bridgehead atoms. The van der Waals surface area contributed by atoms with E-state index in [2.05, 4.69) is 30.5 Å². The number of aryl methyl sites for hydroxylation is 1. The Hall–Kier alpha value is -2.17. The van der Waals surface area contributed by atoms with Gasteiger partial charge in [0.1, 0.15) is 11.4 Å². The molecular weight excluding hydrogens is 304 g/mol. The fourth-order valence-corrected chi connectivity index (χ4v) is 3.67. The van der Waals surface area contributed by atoms with Gasteiger partial charge in [0.25, 0.3) is 0 Å². The molecule has 24 heavy (non-hydrogen) atoms. The number of para-hydroxylation sites is 1. The molecule has 1 N–H and O–H groups in total. The monoisotopic (exact) mass is 330 g/mol. The van der Waals surface area contributed by atoms with Crippen LogP contribution >= 0.6 is 0 Å². The molecule has 1 aromatic rings. The van der Waals surface area contributed by atoms with Gasteiger partial charge < -0.3 is 5.11 Å². The number of rotatable bonds is 7. The van der Waals surface area contributed by atoms with Crippen LogP contribution in [-0.4, -0.2) is 23.3 Å². The smallest absolute Gasteiger partial charge is 0.141 e. The fraction of sp³-hybridized carbons (Fsp3) is 0.556. The molecule has 1 fully saturated rings. The third-order valence-electron chi connectivity index (χ3n) is 4.37. The van der Waals surface area contributed by atoms with Gasteiger partial charge in [0, 0.05) is 11.3 Å². The second kappa shape index (κ2) is 7.60. The van der Waals surface area contributed by atoms with Crippen LogP contribution in [0, 0.1) is 12.8 Å². The van der Waals surface area contributed by atoms with Gasteiger partial charge in [0.05, 0.1) is 18.2 Å². The average Bonchev–Trinajstić information content (AvgIpc) is 2.83. The Kier molecular flexibility index (Phi) is 5.75. The Balaban J connectivity index is 2.49. The summed E-state index contributed by atoms with van der Waals surface area (Å²) in [5, 5.41) is 15.9. The van der Waals surface area contributed by atoms with Crippen LogP contribution in [0.3, 0.4) is 0 Å². The summed E-state index contributed by atoms with van der Waals surface area (Å²) in [6.07, 6.45) is 4.03. The maximum absolute atomic E-state index is 10.4. The molecule has 0 saturated carbocycles. The Morgan fingerprint density at radius 1 is 1.58 bits per heavy atom.